The lowest BCUT2D eigenvalue weighted by molar-refractivity contribution is 0.0954. The van der Waals surface area contributed by atoms with Crippen molar-refractivity contribution in [3.8, 4) is 9.88 Å². The van der Waals surface area contributed by atoms with Gasteiger partial charge in [-0.25, -0.2) is 4.98 Å². The summed E-state index contributed by atoms with van der Waals surface area (Å²) < 4.78 is 0. The molecule has 6 heteroatoms. The molecule has 1 saturated carbocycles. The zero-order valence-corrected chi connectivity index (χ0v) is 16.7. The number of hydrogen-bond acceptors (Lipinski definition) is 5. The highest BCUT2D eigenvalue weighted by molar-refractivity contribution is 7.22. The standard InChI is InChI=1S/C19H27N3OS2/c1-14-17(25-19(21-14)16-10-6-13-24-16)18(23)20-11-7-12-22(2)15-8-4-3-5-9-15/h6,10,13,15H,3-5,7-9,11-12H2,1-2H3,(H,20,23). The van der Waals surface area contributed by atoms with E-state index >= 15 is 0 Å². The highest BCUT2D eigenvalue weighted by atomic mass is 32.1. The molecule has 1 aliphatic rings. The Morgan fingerprint density at radius 1 is 1.36 bits per heavy atom. The molecule has 136 valence electrons. The molecule has 1 amide bonds. The van der Waals surface area contributed by atoms with Crippen LogP contribution in [0.15, 0.2) is 17.5 Å². The van der Waals surface area contributed by atoms with Crippen molar-refractivity contribution < 1.29 is 4.79 Å². The van der Waals surface area contributed by atoms with Gasteiger partial charge in [0.15, 0.2) is 0 Å². The lowest BCUT2D eigenvalue weighted by atomic mass is 9.94. The van der Waals surface area contributed by atoms with Crippen LogP contribution in [0.5, 0.6) is 0 Å². The van der Waals surface area contributed by atoms with Crippen molar-refractivity contribution in [1.82, 2.24) is 15.2 Å². The molecule has 2 aromatic rings. The molecular formula is C19H27N3OS2. The normalized spacial score (nSPS) is 15.6. The van der Waals surface area contributed by atoms with Crippen LogP contribution in [-0.2, 0) is 0 Å². The van der Waals surface area contributed by atoms with Crippen LogP contribution in [0.3, 0.4) is 0 Å². The number of thiophene rings is 1. The fourth-order valence-corrected chi connectivity index (χ4v) is 5.21. The maximum Gasteiger partial charge on any atom is 0.263 e. The van der Waals surface area contributed by atoms with Gasteiger partial charge in [0.1, 0.15) is 9.88 Å². The van der Waals surface area contributed by atoms with Crippen molar-refractivity contribution in [1.29, 1.82) is 0 Å². The molecule has 25 heavy (non-hydrogen) atoms. The van der Waals surface area contributed by atoms with Gasteiger partial charge in [0.25, 0.3) is 5.91 Å². The molecule has 0 radical (unpaired) electrons. The summed E-state index contributed by atoms with van der Waals surface area (Å²) in [6.07, 6.45) is 7.77. The summed E-state index contributed by atoms with van der Waals surface area (Å²) in [7, 11) is 2.22. The first-order valence-electron chi connectivity index (χ1n) is 9.15. The zero-order chi connectivity index (χ0) is 17.6. The van der Waals surface area contributed by atoms with Crippen LogP contribution in [0.1, 0.15) is 53.9 Å². The smallest absolute Gasteiger partial charge is 0.263 e. The molecule has 2 aromatic heterocycles. The van der Waals surface area contributed by atoms with Crippen LogP contribution in [0.2, 0.25) is 0 Å². The molecule has 0 bridgehead atoms. The average molecular weight is 378 g/mol. The van der Waals surface area contributed by atoms with E-state index in [2.05, 4.69) is 22.2 Å². The van der Waals surface area contributed by atoms with Gasteiger partial charge < -0.3 is 10.2 Å². The molecule has 1 fully saturated rings. The Morgan fingerprint density at radius 2 is 2.16 bits per heavy atom. The van der Waals surface area contributed by atoms with Gasteiger partial charge in [-0.3, -0.25) is 4.79 Å². The molecule has 4 nitrogen and oxygen atoms in total. The summed E-state index contributed by atoms with van der Waals surface area (Å²) in [4.78, 5) is 21.3. The van der Waals surface area contributed by atoms with E-state index in [-0.39, 0.29) is 5.91 Å². The number of carbonyl (C=O) groups excluding carboxylic acids is 1. The summed E-state index contributed by atoms with van der Waals surface area (Å²) in [6, 6.07) is 4.80. The molecule has 1 N–H and O–H groups in total. The van der Waals surface area contributed by atoms with Gasteiger partial charge in [0.2, 0.25) is 0 Å². The molecule has 0 atom stereocenters. The third-order valence-electron chi connectivity index (χ3n) is 4.91. The first-order valence-corrected chi connectivity index (χ1v) is 10.8. The van der Waals surface area contributed by atoms with Crippen LogP contribution >= 0.6 is 22.7 Å². The van der Waals surface area contributed by atoms with Gasteiger partial charge in [0, 0.05) is 12.6 Å². The molecular weight excluding hydrogens is 350 g/mol. The fraction of sp³-hybridized carbons (Fsp3) is 0.579. The summed E-state index contributed by atoms with van der Waals surface area (Å²) in [5.74, 6) is 0.0122. The van der Waals surface area contributed by atoms with Crippen LogP contribution in [0.25, 0.3) is 9.88 Å². The minimum Gasteiger partial charge on any atom is -0.351 e. The fourth-order valence-electron chi connectivity index (χ4n) is 3.43. The Bertz CT molecular complexity index is 675. The van der Waals surface area contributed by atoms with Crippen molar-refractivity contribution in [3.05, 3.63) is 28.1 Å². The number of rotatable bonds is 7. The van der Waals surface area contributed by atoms with Crippen LogP contribution < -0.4 is 5.32 Å². The second-order valence-electron chi connectivity index (χ2n) is 6.79. The minimum atomic E-state index is 0.0122. The molecule has 1 aliphatic carbocycles. The van der Waals surface area contributed by atoms with Crippen LogP contribution in [0.4, 0.5) is 0 Å². The SMILES string of the molecule is Cc1nc(-c2cccs2)sc1C(=O)NCCCN(C)C1CCCCC1. The van der Waals surface area contributed by atoms with Crippen molar-refractivity contribution in [2.75, 3.05) is 20.1 Å². The Labute approximate surface area is 158 Å². The van der Waals surface area contributed by atoms with E-state index in [4.69, 9.17) is 0 Å². The Balaban J connectivity index is 1.45. The molecule has 0 spiro atoms. The zero-order valence-electron chi connectivity index (χ0n) is 15.1. The largest absolute Gasteiger partial charge is 0.351 e. The van der Waals surface area contributed by atoms with E-state index in [9.17, 15) is 4.79 Å². The monoisotopic (exact) mass is 377 g/mol. The van der Waals surface area contributed by atoms with Crippen LogP contribution in [0, 0.1) is 6.92 Å². The molecule has 0 aliphatic heterocycles. The van der Waals surface area contributed by atoms with Crippen molar-refractivity contribution in [3.63, 3.8) is 0 Å². The quantitative estimate of drug-likeness (QED) is 0.719. The van der Waals surface area contributed by atoms with E-state index < -0.39 is 0 Å². The number of aryl methyl sites for hydroxylation is 1. The Morgan fingerprint density at radius 3 is 2.88 bits per heavy atom. The number of aromatic nitrogens is 1. The highest BCUT2D eigenvalue weighted by Crippen LogP contribution is 2.31. The van der Waals surface area contributed by atoms with Crippen molar-refractivity contribution in [2.24, 2.45) is 0 Å². The predicted octanol–water partition coefficient (Wildman–Crippen LogP) is 4.56. The number of hydrogen-bond donors (Lipinski definition) is 1. The lowest BCUT2D eigenvalue weighted by Crippen LogP contribution is -2.35. The summed E-state index contributed by atoms with van der Waals surface area (Å²) in [5.41, 5.74) is 0.824. The Kier molecular flexibility index (Phi) is 6.62. The van der Waals surface area contributed by atoms with E-state index in [0.29, 0.717) is 0 Å². The maximum atomic E-state index is 12.4. The van der Waals surface area contributed by atoms with Gasteiger partial charge in [-0.1, -0.05) is 25.3 Å². The van der Waals surface area contributed by atoms with Crippen LogP contribution in [-0.4, -0.2) is 42.0 Å². The van der Waals surface area contributed by atoms with E-state index in [0.717, 1.165) is 46.0 Å². The van der Waals surface area contributed by atoms with Gasteiger partial charge in [0.05, 0.1) is 10.6 Å². The summed E-state index contributed by atoms with van der Waals surface area (Å²) >= 11 is 3.15. The molecule has 0 aromatic carbocycles. The van der Waals surface area contributed by atoms with Crippen molar-refractivity contribution >= 4 is 28.6 Å². The maximum absolute atomic E-state index is 12.4. The first-order chi connectivity index (χ1) is 12.1. The highest BCUT2D eigenvalue weighted by Gasteiger charge is 2.18. The first kappa shape index (κ1) is 18.5. The van der Waals surface area contributed by atoms with E-state index in [1.807, 2.05) is 24.4 Å². The third kappa shape index (κ3) is 4.90. The van der Waals surface area contributed by atoms with Crippen molar-refractivity contribution in [2.45, 2.75) is 51.5 Å². The average Bonchev–Trinajstić information content (AvgIpc) is 3.28. The second-order valence-corrected chi connectivity index (χ2v) is 8.74. The molecule has 2 heterocycles. The number of nitrogens with zero attached hydrogens (tertiary/aromatic N) is 2. The predicted molar refractivity (Wildman–Crippen MR) is 107 cm³/mol. The second kappa shape index (κ2) is 8.92. The molecule has 3 rings (SSSR count). The molecule has 0 saturated heterocycles. The lowest BCUT2D eigenvalue weighted by Gasteiger charge is -2.31. The van der Waals surface area contributed by atoms with E-state index in [1.165, 1.54) is 43.4 Å². The number of thiazole rings is 1. The van der Waals surface area contributed by atoms with Gasteiger partial charge in [-0.15, -0.1) is 22.7 Å². The third-order valence-corrected chi connectivity index (χ3v) is 7.10. The number of carbonyl (C=O) groups is 1. The summed E-state index contributed by atoms with van der Waals surface area (Å²) in [6.45, 7) is 3.69. The summed E-state index contributed by atoms with van der Waals surface area (Å²) in [5, 5.41) is 6.04. The van der Waals surface area contributed by atoms with Gasteiger partial charge >= 0.3 is 0 Å². The molecule has 0 unspecified atom stereocenters. The van der Waals surface area contributed by atoms with Gasteiger partial charge in [-0.2, -0.15) is 0 Å². The van der Waals surface area contributed by atoms with Gasteiger partial charge in [-0.05, 0) is 51.2 Å². The number of amides is 1. The minimum absolute atomic E-state index is 0.0122. The Hall–Kier alpha value is -1.24. The van der Waals surface area contributed by atoms with E-state index in [1.54, 1.807) is 11.3 Å². The topological polar surface area (TPSA) is 45.2 Å². The number of nitrogens with one attached hydrogen (secondary N) is 1.